The Morgan fingerprint density at radius 1 is 0.871 bits per heavy atom. The predicted molar refractivity (Wildman–Crippen MR) is 256 cm³/mol. The molecule has 0 aromatic heterocycles. The molecule has 3 aliphatic heterocycles. The summed E-state index contributed by atoms with van der Waals surface area (Å²) in [7, 11) is 2.52. The average molecular weight is 987 g/mol. The monoisotopic (exact) mass is 987 g/mol. The Hall–Kier alpha value is -5.50. The first kappa shape index (κ1) is 57.1. The van der Waals surface area contributed by atoms with Gasteiger partial charge in [-0.15, -0.1) is 13.2 Å². The number of rotatable bonds is 14. The maximum atomic E-state index is 13.6. The summed E-state index contributed by atoms with van der Waals surface area (Å²) in [5.41, 5.74) is -3.84. The molecule has 0 spiro atoms. The lowest BCUT2D eigenvalue weighted by atomic mass is 10.0. The van der Waals surface area contributed by atoms with E-state index in [1.807, 2.05) is 18.2 Å². The Morgan fingerprint density at radius 2 is 1.53 bits per heavy atom. The third-order valence-electron chi connectivity index (χ3n) is 12.9. The number of aliphatic hydroxyl groups is 2. The molecule has 392 valence electrons. The van der Waals surface area contributed by atoms with E-state index in [1.165, 1.54) is 24.0 Å². The first-order chi connectivity index (χ1) is 32.8. The van der Waals surface area contributed by atoms with Crippen LogP contribution in [0.25, 0.3) is 0 Å². The number of fused-ring (bicyclic) bond motifs is 2. The van der Waals surface area contributed by atoms with Gasteiger partial charge in [0.1, 0.15) is 46.4 Å². The molecule has 20 heteroatoms. The first-order valence-electron chi connectivity index (χ1n) is 24.5. The Labute approximate surface area is 412 Å². The Kier molecular flexibility index (Phi) is 20.0. The number of likely N-dealkylation sites (tertiary alicyclic amines) is 1. The summed E-state index contributed by atoms with van der Waals surface area (Å²) in [6.07, 6.45) is 12.2. The van der Waals surface area contributed by atoms with E-state index < -0.39 is 106 Å². The van der Waals surface area contributed by atoms with Gasteiger partial charge in [0.05, 0.1) is 26.4 Å². The van der Waals surface area contributed by atoms with E-state index in [0.29, 0.717) is 38.5 Å². The maximum Gasteiger partial charge on any atom is 0.408 e. The molecule has 4 fully saturated rings. The van der Waals surface area contributed by atoms with Gasteiger partial charge in [-0.25, -0.2) is 19.2 Å². The number of nitrogens with zero attached hydrogens (tertiary/aromatic N) is 2. The molecule has 5 aliphatic rings. The van der Waals surface area contributed by atoms with Crippen LogP contribution in [0.3, 0.4) is 0 Å². The van der Waals surface area contributed by atoms with Crippen LogP contribution in [0.15, 0.2) is 37.5 Å². The number of hydrogen-bond acceptors (Lipinski definition) is 14. The number of amides is 6. The summed E-state index contributed by atoms with van der Waals surface area (Å²) < 4.78 is 20.5. The van der Waals surface area contributed by atoms with Gasteiger partial charge in [-0.2, -0.15) is 0 Å². The van der Waals surface area contributed by atoms with Crippen LogP contribution in [0.1, 0.15) is 131 Å². The van der Waals surface area contributed by atoms with Gasteiger partial charge < -0.3 is 60.2 Å². The Bertz CT molecular complexity index is 1960. The van der Waals surface area contributed by atoms with Crippen LogP contribution in [0.2, 0.25) is 0 Å². The summed E-state index contributed by atoms with van der Waals surface area (Å²) in [5.74, 6) is -3.57. The third kappa shape index (κ3) is 15.5. The number of carbonyl (C=O) groups excluding carboxylic acids is 8. The fourth-order valence-corrected chi connectivity index (χ4v) is 9.21. The van der Waals surface area contributed by atoms with Crippen molar-refractivity contribution in [2.24, 2.45) is 11.8 Å². The summed E-state index contributed by atoms with van der Waals surface area (Å²) in [6, 6.07) is -3.77. The molecule has 70 heavy (non-hydrogen) atoms. The van der Waals surface area contributed by atoms with Gasteiger partial charge >= 0.3 is 24.1 Å². The number of ether oxygens (including phenoxy) is 4. The Balaban J connectivity index is 0.000000305. The van der Waals surface area contributed by atoms with E-state index in [-0.39, 0.29) is 37.8 Å². The lowest BCUT2D eigenvalue weighted by Crippen LogP contribution is -2.56. The molecule has 10 atom stereocenters. The largest absolute Gasteiger partial charge is 0.467 e. The number of carbonyl (C=O) groups is 8. The van der Waals surface area contributed by atoms with Crippen molar-refractivity contribution in [3.05, 3.63) is 37.5 Å². The van der Waals surface area contributed by atoms with Crippen LogP contribution >= 0.6 is 0 Å². The fraction of sp³-hybridized carbons (Fsp3) is 0.720. The van der Waals surface area contributed by atoms with Gasteiger partial charge in [-0.1, -0.05) is 50.0 Å². The minimum absolute atomic E-state index is 0.0199. The predicted octanol–water partition coefficient (Wildman–Crippen LogP) is 3.62. The van der Waals surface area contributed by atoms with E-state index in [4.69, 9.17) is 18.9 Å². The van der Waals surface area contributed by atoms with Gasteiger partial charge in [0, 0.05) is 37.8 Å². The van der Waals surface area contributed by atoms with Crippen molar-refractivity contribution in [2.75, 3.05) is 27.3 Å². The zero-order valence-corrected chi connectivity index (χ0v) is 42.3. The summed E-state index contributed by atoms with van der Waals surface area (Å²) in [6.45, 7) is 17.7. The van der Waals surface area contributed by atoms with Crippen molar-refractivity contribution >= 4 is 47.8 Å². The molecule has 0 aromatic rings. The lowest BCUT2D eigenvalue weighted by molar-refractivity contribution is -0.148. The molecule has 0 unspecified atom stereocenters. The number of nitrogens with one attached hydrogen (secondary N) is 4. The number of alkyl carbamates (subject to hydrolysis) is 2. The molecular formula is C50H78N6O14. The van der Waals surface area contributed by atoms with Crippen molar-refractivity contribution in [3.63, 3.8) is 0 Å². The lowest BCUT2D eigenvalue weighted by Gasteiger charge is -2.30. The zero-order valence-electron chi connectivity index (χ0n) is 42.3. The molecule has 0 bridgehead atoms. The van der Waals surface area contributed by atoms with Gasteiger partial charge in [-0.3, -0.25) is 19.2 Å². The molecule has 0 aromatic carbocycles. The SMILES string of the molecule is C=CCCCCC[C@H](NC(=O)OC(C)(C)C)C(=O)N1C[C@@H](O)C[C@H]1C(=O)N[C@]1(C(=O)OC)C[C@H]1C=C.COC(=O)[C@@]12C[C@H]1/C=C\CCCCC[C@H](NC(=O)OC(C)(C)C)C(=O)N1C[C@@H](O)C[C@H]1C(=O)N2. The van der Waals surface area contributed by atoms with E-state index >= 15 is 0 Å². The molecule has 6 N–H and O–H groups in total. The molecule has 2 saturated carbocycles. The number of unbranched alkanes of at least 4 members (excludes halogenated alkanes) is 3. The molecule has 0 radical (unpaired) electrons. The number of allylic oxidation sites excluding steroid dienone is 2. The van der Waals surface area contributed by atoms with Crippen LogP contribution in [0, 0.1) is 11.8 Å². The van der Waals surface area contributed by atoms with Gasteiger partial charge in [0.2, 0.25) is 23.6 Å². The highest BCUT2D eigenvalue weighted by Gasteiger charge is 2.63. The number of esters is 2. The quantitative estimate of drug-likeness (QED) is 0.0629. The van der Waals surface area contributed by atoms with Crippen molar-refractivity contribution in [1.29, 1.82) is 0 Å². The van der Waals surface area contributed by atoms with Crippen LogP contribution in [0.4, 0.5) is 9.59 Å². The maximum absolute atomic E-state index is 13.6. The smallest absolute Gasteiger partial charge is 0.408 e. The van der Waals surface area contributed by atoms with Crippen LogP contribution in [-0.4, -0.2) is 154 Å². The number of hydrogen-bond donors (Lipinski definition) is 6. The summed E-state index contributed by atoms with van der Waals surface area (Å²) in [4.78, 5) is 106. The molecule has 2 aliphatic carbocycles. The van der Waals surface area contributed by atoms with Crippen molar-refractivity contribution in [1.82, 2.24) is 31.1 Å². The second-order valence-electron chi connectivity index (χ2n) is 20.9. The highest BCUT2D eigenvalue weighted by atomic mass is 16.6. The highest BCUT2D eigenvalue weighted by Crippen LogP contribution is 2.47. The number of aliphatic hydroxyl groups excluding tert-OH is 2. The molecule has 6 amide bonds. The van der Waals surface area contributed by atoms with E-state index in [1.54, 1.807) is 47.6 Å². The van der Waals surface area contributed by atoms with Gasteiger partial charge in [-0.05, 0) is 92.9 Å². The second-order valence-corrected chi connectivity index (χ2v) is 20.9. The molecule has 2 saturated heterocycles. The molecule has 20 nitrogen and oxygen atoms in total. The first-order valence-corrected chi connectivity index (χ1v) is 24.5. The van der Waals surface area contributed by atoms with E-state index in [9.17, 15) is 48.6 Å². The topological polar surface area (TPSA) is 269 Å². The molecule has 3 heterocycles. The Morgan fingerprint density at radius 3 is 2.14 bits per heavy atom. The highest BCUT2D eigenvalue weighted by molar-refractivity contribution is 5.98. The molecule has 5 rings (SSSR count). The zero-order chi connectivity index (χ0) is 52.2. The summed E-state index contributed by atoms with van der Waals surface area (Å²) >= 11 is 0. The molecular weight excluding hydrogens is 909 g/mol. The summed E-state index contributed by atoms with van der Waals surface area (Å²) in [5, 5.41) is 31.4. The third-order valence-corrected chi connectivity index (χ3v) is 12.9. The van der Waals surface area contributed by atoms with Crippen molar-refractivity contribution in [2.45, 2.75) is 190 Å². The standard InChI is InChI=1S/C26H41N3O7.C24H37N3O7/c1-7-9-10-11-12-13-19(27-24(34)36-25(3,4)5)22(32)29-16-18(30)14-20(29)21(31)28-26(23(33)35-6)15-17(26)8-2;1-23(2,3)34-22(32)25-17-11-9-7-5-6-8-10-15-13-24(15,21(31)33-4)26-19(29)18-12-16(28)14-27(18)20(17)30/h7-8,17-20,30H,1-2,9-16H2,3-6H3,(H,27,34)(H,28,31);8,10,15-18,28H,5-7,9,11-14H2,1-4H3,(H,25,32)(H,26,29)/b;10-8-/t17-,18+,19+,20+,26-;15-,16+,17+,18+,24-/m11/s1. The van der Waals surface area contributed by atoms with Gasteiger partial charge in [0.15, 0.2) is 0 Å². The normalized spacial score (nSPS) is 29.5. The van der Waals surface area contributed by atoms with Gasteiger partial charge in [0.25, 0.3) is 0 Å². The van der Waals surface area contributed by atoms with Crippen LogP contribution in [-0.2, 0) is 47.7 Å². The van der Waals surface area contributed by atoms with E-state index in [0.717, 1.165) is 38.5 Å². The van der Waals surface area contributed by atoms with Crippen LogP contribution in [0.5, 0.6) is 0 Å². The van der Waals surface area contributed by atoms with Crippen molar-refractivity contribution in [3.8, 4) is 0 Å². The minimum atomic E-state index is -1.21. The van der Waals surface area contributed by atoms with Crippen molar-refractivity contribution < 1.29 is 67.5 Å². The fourth-order valence-electron chi connectivity index (χ4n) is 9.21. The number of methoxy groups -OCH3 is 2. The number of β-amino-alcohol motifs (C(OH)–C–C–N with tert-alkyl or cyclic N) is 1. The second kappa shape index (κ2) is 24.6. The van der Waals surface area contributed by atoms with E-state index in [2.05, 4.69) is 34.4 Å². The average Bonchev–Trinajstić information content (AvgIpc) is 4.06. The minimum Gasteiger partial charge on any atom is -0.467 e. The van der Waals surface area contributed by atoms with Crippen LogP contribution < -0.4 is 21.3 Å².